The van der Waals surface area contributed by atoms with Crippen LogP contribution < -0.4 is 5.73 Å². The maximum absolute atomic E-state index is 5.88. The molecule has 0 aromatic carbocycles. The van der Waals surface area contributed by atoms with Crippen molar-refractivity contribution in [2.45, 2.75) is 31.5 Å². The molecule has 0 radical (unpaired) electrons. The normalized spacial score (nSPS) is 26.4. The molecule has 1 aliphatic rings. The van der Waals surface area contributed by atoms with E-state index >= 15 is 0 Å². The first kappa shape index (κ1) is 12.4. The summed E-state index contributed by atoms with van der Waals surface area (Å²) in [6.07, 6.45) is 4.64. The van der Waals surface area contributed by atoms with Crippen molar-refractivity contribution >= 4 is 0 Å². The van der Waals surface area contributed by atoms with E-state index in [1.54, 1.807) is 12.5 Å². The van der Waals surface area contributed by atoms with Crippen LogP contribution in [-0.4, -0.2) is 47.2 Å². The third kappa shape index (κ3) is 2.62. The van der Waals surface area contributed by atoms with Crippen molar-refractivity contribution in [2.75, 3.05) is 20.2 Å². The van der Waals surface area contributed by atoms with Crippen LogP contribution in [0, 0.1) is 0 Å². The molecule has 0 saturated carbocycles. The SMILES string of the molecule is CC1OCCC1N(C)C(CN)c1ccncn1. The Kier molecular flexibility index (Phi) is 4.04. The van der Waals surface area contributed by atoms with Gasteiger partial charge in [0.1, 0.15) is 6.33 Å². The first-order valence-electron chi connectivity index (χ1n) is 6.03. The highest BCUT2D eigenvalue weighted by Crippen LogP contribution is 2.25. The number of hydrogen-bond donors (Lipinski definition) is 1. The van der Waals surface area contributed by atoms with E-state index in [0.29, 0.717) is 12.6 Å². The second-order valence-electron chi connectivity index (χ2n) is 4.48. The van der Waals surface area contributed by atoms with Crippen LogP contribution in [0.25, 0.3) is 0 Å². The first-order valence-corrected chi connectivity index (χ1v) is 6.03. The van der Waals surface area contributed by atoms with Gasteiger partial charge in [-0.1, -0.05) is 0 Å². The largest absolute Gasteiger partial charge is 0.377 e. The molecular formula is C12H20N4O. The maximum Gasteiger partial charge on any atom is 0.115 e. The van der Waals surface area contributed by atoms with Crippen molar-refractivity contribution in [1.29, 1.82) is 0 Å². The summed E-state index contributed by atoms with van der Waals surface area (Å²) in [5.74, 6) is 0. The van der Waals surface area contributed by atoms with E-state index in [-0.39, 0.29) is 12.1 Å². The molecule has 0 aliphatic carbocycles. The number of rotatable bonds is 4. The highest BCUT2D eigenvalue weighted by molar-refractivity contribution is 5.06. The molecular weight excluding hydrogens is 216 g/mol. The van der Waals surface area contributed by atoms with Crippen LogP contribution in [0.15, 0.2) is 18.6 Å². The Balaban J connectivity index is 2.13. The lowest BCUT2D eigenvalue weighted by molar-refractivity contribution is 0.0678. The average Bonchev–Trinajstić information content (AvgIpc) is 2.77. The van der Waals surface area contributed by atoms with Gasteiger partial charge in [0, 0.05) is 25.4 Å². The van der Waals surface area contributed by atoms with E-state index in [9.17, 15) is 0 Å². The summed E-state index contributed by atoms with van der Waals surface area (Å²) in [7, 11) is 2.09. The molecule has 5 nitrogen and oxygen atoms in total. The van der Waals surface area contributed by atoms with Crippen molar-refractivity contribution in [3.8, 4) is 0 Å². The molecule has 0 bridgehead atoms. The van der Waals surface area contributed by atoms with Crippen molar-refractivity contribution in [3.63, 3.8) is 0 Å². The van der Waals surface area contributed by atoms with Gasteiger partial charge < -0.3 is 10.5 Å². The van der Waals surface area contributed by atoms with Gasteiger partial charge in [-0.2, -0.15) is 0 Å². The molecule has 1 fully saturated rings. The monoisotopic (exact) mass is 236 g/mol. The summed E-state index contributed by atoms with van der Waals surface area (Å²) in [5.41, 5.74) is 6.85. The smallest absolute Gasteiger partial charge is 0.115 e. The van der Waals surface area contributed by atoms with E-state index in [2.05, 4.69) is 28.8 Å². The number of nitrogens with zero attached hydrogens (tertiary/aromatic N) is 3. The second-order valence-corrected chi connectivity index (χ2v) is 4.48. The summed E-state index contributed by atoms with van der Waals surface area (Å²) in [6, 6.07) is 2.47. The molecule has 0 amide bonds. The van der Waals surface area contributed by atoms with Gasteiger partial charge in [0.05, 0.1) is 17.8 Å². The third-order valence-electron chi connectivity index (χ3n) is 3.52. The topological polar surface area (TPSA) is 64.3 Å². The fraction of sp³-hybridized carbons (Fsp3) is 0.667. The molecule has 5 heteroatoms. The highest BCUT2D eigenvalue weighted by Gasteiger charge is 2.32. The minimum atomic E-state index is 0.132. The van der Waals surface area contributed by atoms with Crippen LogP contribution in [0.2, 0.25) is 0 Å². The molecule has 1 aromatic heterocycles. The summed E-state index contributed by atoms with van der Waals surface area (Å²) < 4.78 is 5.60. The molecule has 0 spiro atoms. The molecule has 3 unspecified atom stereocenters. The second kappa shape index (κ2) is 5.53. The van der Waals surface area contributed by atoms with E-state index < -0.39 is 0 Å². The maximum atomic E-state index is 5.88. The molecule has 2 heterocycles. The highest BCUT2D eigenvalue weighted by atomic mass is 16.5. The Bertz CT molecular complexity index is 346. The van der Waals surface area contributed by atoms with Crippen molar-refractivity contribution in [3.05, 3.63) is 24.3 Å². The molecule has 3 atom stereocenters. The summed E-state index contributed by atoms with van der Waals surface area (Å²) >= 11 is 0. The minimum Gasteiger partial charge on any atom is -0.377 e. The van der Waals surface area contributed by atoms with Gasteiger partial charge >= 0.3 is 0 Å². The Hall–Kier alpha value is -1.04. The van der Waals surface area contributed by atoms with Gasteiger partial charge in [-0.25, -0.2) is 9.97 Å². The average molecular weight is 236 g/mol. The van der Waals surface area contributed by atoms with Crippen LogP contribution >= 0.6 is 0 Å². The van der Waals surface area contributed by atoms with E-state index in [4.69, 9.17) is 10.5 Å². The molecule has 2 rings (SSSR count). The number of nitrogens with two attached hydrogens (primary N) is 1. The third-order valence-corrected chi connectivity index (χ3v) is 3.52. The Morgan fingerprint density at radius 2 is 2.47 bits per heavy atom. The fourth-order valence-corrected chi connectivity index (χ4v) is 2.48. The summed E-state index contributed by atoms with van der Waals surface area (Å²) in [4.78, 5) is 10.5. The predicted octanol–water partition coefficient (Wildman–Crippen LogP) is 0.586. The van der Waals surface area contributed by atoms with Crippen LogP contribution in [0.4, 0.5) is 0 Å². The van der Waals surface area contributed by atoms with E-state index in [0.717, 1.165) is 18.7 Å². The van der Waals surface area contributed by atoms with Crippen molar-refractivity contribution in [2.24, 2.45) is 5.73 Å². The fourth-order valence-electron chi connectivity index (χ4n) is 2.48. The van der Waals surface area contributed by atoms with Gasteiger partial charge in [-0.3, -0.25) is 4.90 Å². The van der Waals surface area contributed by atoms with Crippen LogP contribution in [0.1, 0.15) is 25.1 Å². The molecule has 2 N–H and O–H groups in total. The lowest BCUT2D eigenvalue weighted by atomic mass is 10.1. The van der Waals surface area contributed by atoms with Crippen LogP contribution in [0.5, 0.6) is 0 Å². The van der Waals surface area contributed by atoms with Crippen molar-refractivity contribution < 1.29 is 4.74 Å². The van der Waals surface area contributed by atoms with E-state index in [1.807, 2.05) is 6.07 Å². The summed E-state index contributed by atoms with van der Waals surface area (Å²) in [6.45, 7) is 3.50. The minimum absolute atomic E-state index is 0.132. The molecule has 1 saturated heterocycles. The number of hydrogen-bond acceptors (Lipinski definition) is 5. The molecule has 94 valence electrons. The van der Waals surface area contributed by atoms with Gasteiger partial charge in [0.2, 0.25) is 0 Å². The zero-order chi connectivity index (χ0) is 12.3. The first-order chi connectivity index (χ1) is 8.24. The Labute approximate surface area is 102 Å². The van der Waals surface area contributed by atoms with E-state index in [1.165, 1.54) is 0 Å². The lowest BCUT2D eigenvalue weighted by Gasteiger charge is -2.33. The van der Waals surface area contributed by atoms with Gasteiger partial charge in [0.15, 0.2) is 0 Å². The van der Waals surface area contributed by atoms with Crippen molar-refractivity contribution in [1.82, 2.24) is 14.9 Å². The molecule has 1 aliphatic heterocycles. The van der Waals surface area contributed by atoms with Crippen LogP contribution in [0.3, 0.4) is 0 Å². The molecule has 17 heavy (non-hydrogen) atoms. The number of ether oxygens (including phenoxy) is 1. The van der Waals surface area contributed by atoms with Gasteiger partial charge in [0.25, 0.3) is 0 Å². The van der Waals surface area contributed by atoms with Gasteiger partial charge in [-0.15, -0.1) is 0 Å². The zero-order valence-corrected chi connectivity index (χ0v) is 10.4. The summed E-state index contributed by atoms with van der Waals surface area (Å²) in [5, 5.41) is 0. The number of likely N-dealkylation sites (N-methyl/N-ethyl adjacent to an activating group) is 1. The molecule has 1 aromatic rings. The Morgan fingerprint density at radius 3 is 3.00 bits per heavy atom. The lowest BCUT2D eigenvalue weighted by Crippen LogP contribution is -2.42. The number of aromatic nitrogens is 2. The quantitative estimate of drug-likeness (QED) is 0.828. The zero-order valence-electron chi connectivity index (χ0n) is 10.4. The Morgan fingerprint density at radius 1 is 1.65 bits per heavy atom. The predicted molar refractivity (Wildman–Crippen MR) is 65.4 cm³/mol. The van der Waals surface area contributed by atoms with Crippen LogP contribution in [-0.2, 0) is 4.74 Å². The van der Waals surface area contributed by atoms with Gasteiger partial charge in [-0.05, 0) is 26.5 Å². The standard InChI is InChI=1S/C12H20N4O/c1-9-11(4-6-17-9)16(2)12(7-13)10-3-5-14-8-15-10/h3,5,8-9,11-12H,4,6-7,13H2,1-2H3.